The molecule has 6 nitrogen and oxygen atoms in total. The van der Waals surface area contributed by atoms with Gasteiger partial charge in [0.25, 0.3) is 0 Å². The quantitative estimate of drug-likeness (QED) is 0.520. The van der Waals surface area contributed by atoms with Crippen molar-refractivity contribution in [3.05, 3.63) is 59.5 Å². The van der Waals surface area contributed by atoms with Crippen LogP contribution in [0.3, 0.4) is 0 Å². The first-order chi connectivity index (χ1) is 11.6. The Morgan fingerprint density at radius 3 is 2.67 bits per heavy atom. The van der Waals surface area contributed by atoms with Gasteiger partial charge in [-0.3, -0.25) is 4.98 Å². The predicted molar refractivity (Wildman–Crippen MR) is 93.1 cm³/mol. The summed E-state index contributed by atoms with van der Waals surface area (Å²) in [6.07, 6.45) is 3.37. The standard InChI is InChI=1S/C17H11ClN4O2/c18-9-1-3-10(4-2-9)20-15-11-5-6-19-8-13(11)12-7-14(17(23)24)21-16(12)22-15/h1-8H,(H,23,24)(H2,20,21,22). The molecule has 0 saturated heterocycles. The van der Waals surface area contributed by atoms with Crippen molar-refractivity contribution < 1.29 is 9.90 Å². The van der Waals surface area contributed by atoms with Crippen molar-refractivity contribution in [3.63, 3.8) is 0 Å². The Hall–Kier alpha value is -3.12. The molecule has 0 amide bonds. The number of anilines is 2. The summed E-state index contributed by atoms with van der Waals surface area (Å²) < 4.78 is 0. The van der Waals surface area contributed by atoms with Crippen LogP contribution in [0.4, 0.5) is 11.5 Å². The van der Waals surface area contributed by atoms with E-state index in [1.54, 1.807) is 30.6 Å². The molecule has 0 unspecified atom stereocenters. The highest BCUT2D eigenvalue weighted by atomic mass is 35.5. The van der Waals surface area contributed by atoms with Gasteiger partial charge in [-0.05, 0) is 36.4 Å². The fraction of sp³-hybridized carbons (Fsp3) is 0. The van der Waals surface area contributed by atoms with E-state index in [1.165, 1.54) is 0 Å². The smallest absolute Gasteiger partial charge is 0.352 e. The van der Waals surface area contributed by atoms with Crippen LogP contribution in [0.15, 0.2) is 48.8 Å². The van der Waals surface area contributed by atoms with Crippen LogP contribution in [0, 0.1) is 0 Å². The lowest BCUT2D eigenvalue weighted by Gasteiger charge is -2.09. The van der Waals surface area contributed by atoms with Crippen LogP contribution in [0.1, 0.15) is 10.5 Å². The van der Waals surface area contributed by atoms with Gasteiger partial charge < -0.3 is 15.4 Å². The molecule has 4 aromatic rings. The third kappa shape index (κ3) is 2.43. The second-order valence-electron chi connectivity index (χ2n) is 5.26. The highest BCUT2D eigenvalue weighted by Crippen LogP contribution is 2.31. The Balaban J connectivity index is 1.92. The summed E-state index contributed by atoms with van der Waals surface area (Å²) in [6, 6.07) is 10.7. The maximum atomic E-state index is 11.2. The Bertz CT molecular complexity index is 1070. The SMILES string of the molecule is O=C(O)c1cc2c(nc(Nc3ccc(Cl)cc3)c3ccncc32)[nH]1. The van der Waals surface area contributed by atoms with Crippen LogP contribution in [0.2, 0.25) is 5.02 Å². The van der Waals surface area contributed by atoms with E-state index in [1.807, 2.05) is 18.2 Å². The van der Waals surface area contributed by atoms with Crippen LogP contribution in [-0.4, -0.2) is 26.0 Å². The zero-order valence-electron chi connectivity index (χ0n) is 12.2. The number of benzene rings is 1. The minimum atomic E-state index is -1.03. The third-order valence-electron chi connectivity index (χ3n) is 3.72. The molecule has 0 atom stereocenters. The first kappa shape index (κ1) is 14.5. The molecule has 24 heavy (non-hydrogen) atoms. The van der Waals surface area contributed by atoms with Gasteiger partial charge in [0.1, 0.15) is 17.2 Å². The molecule has 0 aliphatic rings. The molecular formula is C17H11ClN4O2. The van der Waals surface area contributed by atoms with Crippen molar-refractivity contribution in [1.82, 2.24) is 15.0 Å². The van der Waals surface area contributed by atoms with E-state index in [0.717, 1.165) is 21.8 Å². The third-order valence-corrected chi connectivity index (χ3v) is 3.98. The monoisotopic (exact) mass is 338 g/mol. The van der Waals surface area contributed by atoms with Gasteiger partial charge in [0, 0.05) is 39.3 Å². The zero-order valence-corrected chi connectivity index (χ0v) is 13.0. The molecule has 3 N–H and O–H groups in total. The van der Waals surface area contributed by atoms with E-state index in [-0.39, 0.29) is 5.69 Å². The topological polar surface area (TPSA) is 90.9 Å². The number of aromatic amines is 1. The molecule has 1 aromatic carbocycles. The van der Waals surface area contributed by atoms with Crippen molar-refractivity contribution in [2.75, 3.05) is 5.32 Å². The Morgan fingerprint density at radius 2 is 1.92 bits per heavy atom. The molecule has 3 heterocycles. The fourth-order valence-electron chi connectivity index (χ4n) is 2.61. The van der Waals surface area contributed by atoms with Crippen molar-refractivity contribution >= 4 is 50.9 Å². The Morgan fingerprint density at radius 1 is 1.12 bits per heavy atom. The summed E-state index contributed by atoms with van der Waals surface area (Å²) in [7, 11) is 0. The van der Waals surface area contributed by atoms with Crippen molar-refractivity contribution in [3.8, 4) is 0 Å². The van der Waals surface area contributed by atoms with Crippen LogP contribution >= 0.6 is 11.6 Å². The van der Waals surface area contributed by atoms with Crippen LogP contribution in [0.5, 0.6) is 0 Å². The summed E-state index contributed by atoms with van der Waals surface area (Å²) in [4.78, 5) is 22.7. The summed E-state index contributed by atoms with van der Waals surface area (Å²) in [6.45, 7) is 0. The Labute approximate surface area is 141 Å². The molecule has 4 rings (SSSR count). The number of aromatic nitrogens is 3. The number of hydrogen-bond acceptors (Lipinski definition) is 4. The molecule has 3 aromatic heterocycles. The largest absolute Gasteiger partial charge is 0.477 e. The summed E-state index contributed by atoms with van der Waals surface area (Å²) in [5.41, 5.74) is 1.41. The average molecular weight is 339 g/mol. The number of aromatic carboxylic acids is 1. The number of carboxylic acids is 1. The normalized spacial score (nSPS) is 11.0. The van der Waals surface area contributed by atoms with Crippen LogP contribution in [-0.2, 0) is 0 Å². The minimum absolute atomic E-state index is 0.0892. The molecule has 0 fully saturated rings. The van der Waals surface area contributed by atoms with E-state index in [4.69, 9.17) is 11.6 Å². The molecule has 0 spiro atoms. The van der Waals surface area contributed by atoms with Gasteiger partial charge >= 0.3 is 5.97 Å². The molecule has 0 radical (unpaired) electrons. The minimum Gasteiger partial charge on any atom is -0.477 e. The van der Waals surface area contributed by atoms with Gasteiger partial charge in [-0.15, -0.1) is 0 Å². The van der Waals surface area contributed by atoms with Crippen molar-refractivity contribution in [2.45, 2.75) is 0 Å². The number of carbonyl (C=O) groups is 1. The second kappa shape index (κ2) is 5.50. The average Bonchev–Trinajstić information content (AvgIpc) is 3.02. The number of pyridine rings is 2. The summed E-state index contributed by atoms with van der Waals surface area (Å²) in [5.74, 6) is -0.418. The fourth-order valence-corrected chi connectivity index (χ4v) is 2.73. The maximum absolute atomic E-state index is 11.2. The van der Waals surface area contributed by atoms with Crippen LogP contribution < -0.4 is 5.32 Å². The van der Waals surface area contributed by atoms with E-state index in [9.17, 15) is 9.90 Å². The molecule has 7 heteroatoms. The molecule has 0 bridgehead atoms. The molecular weight excluding hydrogens is 328 g/mol. The number of fused-ring (bicyclic) bond motifs is 3. The lowest BCUT2D eigenvalue weighted by atomic mass is 10.1. The van der Waals surface area contributed by atoms with Gasteiger partial charge in [0.15, 0.2) is 0 Å². The Kier molecular flexibility index (Phi) is 3.32. The molecule has 0 aliphatic heterocycles. The van der Waals surface area contributed by atoms with Crippen molar-refractivity contribution in [2.24, 2.45) is 0 Å². The van der Waals surface area contributed by atoms with Gasteiger partial charge in [0.05, 0.1) is 0 Å². The number of H-pyrrole nitrogens is 1. The van der Waals surface area contributed by atoms with Crippen LogP contribution in [0.25, 0.3) is 21.8 Å². The maximum Gasteiger partial charge on any atom is 0.352 e. The highest BCUT2D eigenvalue weighted by molar-refractivity contribution is 6.30. The number of hydrogen-bond donors (Lipinski definition) is 3. The number of nitrogens with zero attached hydrogens (tertiary/aromatic N) is 2. The predicted octanol–water partition coefficient (Wildman–Crippen LogP) is 4.21. The number of carboxylic acid groups (broad SMARTS) is 1. The second-order valence-corrected chi connectivity index (χ2v) is 5.70. The number of halogens is 1. The zero-order chi connectivity index (χ0) is 16.7. The van der Waals surface area contributed by atoms with E-state index in [2.05, 4.69) is 20.3 Å². The number of nitrogens with one attached hydrogen (secondary N) is 2. The molecule has 0 saturated carbocycles. The number of rotatable bonds is 3. The first-order valence-corrected chi connectivity index (χ1v) is 7.52. The van der Waals surface area contributed by atoms with E-state index < -0.39 is 5.97 Å². The van der Waals surface area contributed by atoms with Gasteiger partial charge in [-0.1, -0.05) is 11.6 Å². The first-order valence-electron chi connectivity index (χ1n) is 7.14. The van der Waals surface area contributed by atoms with Gasteiger partial charge in [-0.2, -0.15) is 0 Å². The van der Waals surface area contributed by atoms with E-state index in [0.29, 0.717) is 16.5 Å². The summed E-state index contributed by atoms with van der Waals surface area (Å²) >= 11 is 5.91. The highest BCUT2D eigenvalue weighted by Gasteiger charge is 2.14. The lowest BCUT2D eigenvalue weighted by molar-refractivity contribution is 0.0691. The van der Waals surface area contributed by atoms with Gasteiger partial charge in [0.2, 0.25) is 0 Å². The van der Waals surface area contributed by atoms with E-state index >= 15 is 0 Å². The van der Waals surface area contributed by atoms with Gasteiger partial charge in [-0.25, -0.2) is 9.78 Å². The lowest BCUT2D eigenvalue weighted by Crippen LogP contribution is -1.97. The molecule has 118 valence electrons. The molecule has 0 aliphatic carbocycles. The summed E-state index contributed by atoms with van der Waals surface area (Å²) in [5, 5.41) is 15.5. The van der Waals surface area contributed by atoms with Crippen molar-refractivity contribution in [1.29, 1.82) is 0 Å².